The number of ether oxygens (including phenoxy) is 1. The van der Waals surface area contributed by atoms with Gasteiger partial charge in [0.15, 0.2) is 5.11 Å². The first-order chi connectivity index (χ1) is 13.7. The highest BCUT2D eigenvalue weighted by Crippen LogP contribution is 2.27. The molecule has 28 heavy (non-hydrogen) atoms. The molecule has 0 heterocycles. The normalized spacial score (nSPS) is 14.3. The molecule has 1 aliphatic carbocycles. The zero-order valence-electron chi connectivity index (χ0n) is 16.2. The lowest BCUT2D eigenvalue weighted by Gasteiger charge is -2.21. The summed E-state index contributed by atoms with van der Waals surface area (Å²) in [5, 5.41) is 6.17. The summed E-state index contributed by atoms with van der Waals surface area (Å²) < 4.78 is 5.78. The smallest absolute Gasteiger partial charge is 0.226 e. The first-order valence-corrected chi connectivity index (χ1v) is 10.5. The second kappa shape index (κ2) is 10.8. The van der Waals surface area contributed by atoms with Crippen molar-refractivity contribution in [3.63, 3.8) is 0 Å². The van der Waals surface area contributed by atoms with Gasteiger partial charge in [-0.3, -0.25) is 4.79 Å². The molecule has 0 bridgehead atoms. The third kappa shape index (κ3) is 6.97. The topological polar surface area (TPSA) is 50.4 Å². The molecule has 148 valence electrons. The van der Waals surface area contributed by atoms with Crippen molar-refractivity contribution in [2.75, 3.05) is 5.32 Å². The lowest BCUT2D eigenvalue weighted by Crippen LogP contribution is -2.34. The maximum absolute atomic E-state index is 12.1. The highest BCUT2D eigenvalue weighted by Gasteiger charge is 2.15. The summed E-state index contributed by atoms with van der Waals surface area (Å²) in [6.07, 6.45) is 7.96. The SMILES string of the molecule is O=C(CCC1CCCCC1)NC(=S)Nc1ccc(OCc2ccccc2)cc1. The van der Waals surface area contributed by atoms with Crippen molar-refractivity contribution in [3.05, 3.63) is 60.2 Å². The minimum Gasteiger partial charge on any atom is -0.489 e. The molecule has 1 amide bonds. The Kier molecular flexibility index (Phi) is 7.85. The minimum absolute atomic E-state index is 0.00844. The summed E-state index contributed by atoms with van der Waals surface area (Å²) in [6, 6.07) is 17.6. The molecule has 1 aliphatic rings. The van der Waals surface area contributed by atoms with Crippen LogP contribution in [-0.4, -0.2) is 11.0 Å². The van der Waals surface area contributed by atoms with E-state index < -0.39 is 0 Å². The molecule has 2 N–H and O–H groups in total. The van der Waals surface area contributed by atoms with E-state index in [1.807, 2.05) is 54.6 Å². The van der Waals surface area contributed by atoms with Crippen LogP contribution in [0.3, 0.4) is 0 Å². The average molecular weight is 397 g/mol. The van der Waals surface area contributed by atoms with Crippen LogP contribution in [0.4, 0.5) is 5.69 Å². The molecule has 0 radical (unpaired) electrons. The summed E-state index contributed by atoms with van der Waals surface area (Å²) >= 11 is 5.26. The first kappa shape index (κ1) is 20.3. The van der Waals surface area contributed by atoms with Crippen LogP contribution >= 0.6 is 12.2 Å². The van der Waals surface area contributed by atoms with Gasteiger partial charge >= 0.3 is 0 Å². The maximum atomic E-state index is 12.1. The molecule has 0 spiro atoms. The van der Waals surface area contributed by atoms with Crippen molar-refractivity contribution in [2.45, 2.75) is 51.6 Å². The number of hydrogen-bond acceptors (Lipinski definition) is 3. The largest absolute Gasteiger partial charge is 0.489 e. The lowest BCUT2D eigenvalue weighted by molar-refractivity contribution is -0.120. The van der Waals surface area contributed by atoms with Gasteiger partial charge in [-0.25, -0.2) is 0 Å². The van der Waals surface area contributed by atoms with E-state index in [4.69, 9.17) is 17.0 Å². The Morgan fingerprint density at radius 2 is 1.71 bits per heavy atom. The number of nitrogens with one attached hydrogen (secondary N) is 2. The first-order valence-electron chi connectivity index (χ1n) is 10.1. The van der Waals surface area contributed by atoms with E-state index in [9.17, 15) is 4.79 Å². The van der Waals surface area contributed by atoms with Gasteiger partial charge in [-0.2, -0.15) is 0 Å². The second-order valence-electron chi connectivity index (χ2n) is 7.34. The molecule has 0 unspecified atom stereocenters. The van der Waals surface area contributed by atoms with E-state index in [1.165, 1.54) is 32.1 Å². The standard InChI is InChI=1S/C23H28N2O2S/c26-22(16-11-18-7-3-1-4-8-18)25-23(28)24-20-12-14-21(15-13-20)27-17-19-9-5-2-6-10-19/h2,5-6,9-10,12-15,18H,1,3-4,7-8,11,16-17H2,(H2,24,25,26,28). The number of anilines is 1. The average Bonchev–Trinajstić information content (AvgIpc) is 2.73. The van der Waals surface area contributed by atoms with Gasteiger partial charge in [0.05, 0.1) is 0 Å². The van der Waals surface area contributed by atoms with E-state index in [0.717, 1.165) is 23.4 Å². The van der Waals surface area contributed by atoms with E-state index in [-0.39, 0.29) is 5.91 Å². The van der Waals surface area contributed by atoms with Crippen LogP contribution in [0, 0.1) is 5.92 Å². The molecular formula is C23H28N2O2S. The van der Waals surface area contributed by atoms with Gasteiger partial charge in [0.25, 0.3) is 0 Å². The fourth-order valence-electron chi connectivity index (χ4n) is 3.54. The monoisotopic (exact) mass is 396 g/mol. The van der Waals surface area contributed by atoms with Crippen LogP contribution in [0.15, 0.2) is 54.6 Å². The van der Waals surface area contributed by atoms with Crippen LogP contribution < -0.4 is 15.4 Å². The van der Waals surface area contributed by atoms with E-state index in [0.29, 0.717) is 24.1 Å². The summed E-state index contributed by atoms with van der Waals surface area (Å²) in [5.41, 5.74) is 1.95. The number of carbonyl (C=O) groups is 1. The summed E-state index contributed by atoms with van der Waals surface area (Å²) in [4.78, 5) is 12.1. The van der Waals surface area contributed by atoms with Crippen molar-refractivity contribution >= 4 is 28.9 Å². The van der Waals surface area contributed by atoms with E-state index in [2.05, 4.69) is 10.6 Å². The van der Waals surface area contributed by atoms with Crippen LogP contribution in [0.5, 0.6) is 5.75 Å². The molecular weight excluding hydrogens is 368 g/mol. The summed E-state index contributed by atoms with van der Waals surface area (Å²) in [7, 11) is 0. The zero-order chi connectivity index (χ0) is 19.6. The van der Waals surface area contributed by atoms with Gasteiger partial charge in [0, 0.05) is 12.1 Å². The molecule has 1 saturated carbocycles. The van der Waals surface area contributed by atoms with Crippen LogP contribution in [0.1, 0.15) is 50.5 Å². The highest BCUT2D eigenvalue weighted by atomic mass is 32.1. The van der Waals surface area contributed by atoms with Crippen LogP contribution in [0.2, 0.25) is 0 Å². The molecule has 0 atom stereocenters. The number of amides is 1. The molecule has 2 aromatic carbocycles. The maximum Gasteiger partial charge on any atom is 0.226 e. The van der Waals surface area contributed by atoms with Gasteiger partial charge in [-0.15, -0.1) is 0 Å². The molecule has 1 fully saturated rings. The van der Waals surface area contributed by atoms with Crippen molar-refractivity contribution in [2.24, 2.45) is 5.92 Å². The van der Waals surface area contributed by atoms with Crippen molar-refractivity contribution in [3.8, 4) is 5.75 Å². The van der Waals surface area contributed by atoms with Gasteiger partial charge < -0.3 is 15.4 Å². The summed E-state index contributed by atoms with van der Waals surface area (Å²) in [6.45, 7) is 0.531. The van der Waals surface area contributed by atoms with E-state index in [1.54, 1.807) is 0 Å². The molecule has 5 heteroatoms. The Balaban J connectivity index is 1.38. The number of hydrogen-bond donors (Lipinski definition) is 2. The fourth-order valence-corrected chi connectivity index (χ4v) is 3.77. The quantitative estimate of drug-likeness (QED) is 0.612. The third-order valence-corrected chi connectivity index (χ3v) is 5.32. The number of benzene rings is 2. The highest BCUT2D eigenvalue weighted by molar-refractivity contribution is 7.80. The number of carbonyl (C=O) groups excluding carboxylic acids is 1. The fraction of sp³-hybridized carbons (Fsp3) is 0.391. The predicted molar refractivity (Wildman–Crippen MR) is 117 cm³/mol. The predicted octanol–water partition coefficient (Wildman–Crippen LogP) is 5.44. The Hall–Kier alpha value is -2.40. The van der Waals surface area contributed by atoms with Gasteiger partial charge in [0.2, 0.25) is 5.91 Å². The van der Waals surface area contributed by atoms with Gasteiger partial charge in [-0.1, -0.05) is 62.4 Å². The second-order valence-corrected chi connectivity index (χ2v) is 7.75. The van der Waals surface area contributed by atoms with Crippen molar-refractivity contribution in [1.82, 2.24) is 5.32 Å². The Morgan fingerprint density at radius 3 is 2.43 bits per heavy atom. The van der Waals surface area contributed by atoms with Crippen molar-refractivity contribution in [1.29, 1.82) is 0 Å². The number of rotatable bonds is 7. The Labute approximate surface area is 172 Å². The molecule has 4 nitrogen and oxygen atoms in total. The third-order valence-electron chi connectivity index (χ3n) is 5.12. The Bertz CT molecular complexity index is 756. The molecule has 0 saturated heterocycles. The van der Waals surface area contributed by atoms with Crippen LogP contribution in [-0.2, 0) is 11.4 Å². The van der Waals surface area contributed by atoms with Gasteiger partial charge in [-0.05, 0) is 54.4 Å². The molecule has 3 rings (SSSR count). The van der Waals surface area contributed by atoms with Crippen molar-refractivity contribution < 1.29 is 9.53 Å². The molecule has 2 aromatic rings. The van der Waals surface area contributed by atoms with E-state index >= 15 is 0 Å². The lowest BCUT2D eigenvalue weighted by atomic mass is 9.86. The molecule has 0 aromatic heterocycles. The summed E-state index contributed by atoms with van der Waals surface area (Å²) in [5.74, 6) is 1.48. The number of thiocarbonyl (C=S) groups is 1. The zero-order valence-corrected chi connectivity index (χ0v) is 17.0. The van der Waals surface area contributed by atoms with Gasteiger partial charge in [0.1, 0.15) is 12.4 Å². The molecule has 0 aliphatic heterocycles. The minimum atomic E-state index is -0.00844. The Morgan fingerprint density at radius 1 is 1.00 bits per heavy atom. The van der Waals surface area contributed by atoms with Crippen LogP contribution in [0.25, 0.3) is 0 Å².